The molecule has 0 aliphatic heterocycles. The zero-order valence-electron chi connectivity index (χ0n) is 15.1. The lowest BCUT2D eigenvalue weighted by Gasteiger charge is -2.17. The van der Waals surface area contributed by atoms with Gasteiger partial charge in [0.15, 0.2) is 0 Å². The molecule has 0 aromatic heterocycles. The van der Waals surface area contributed by atoms with Gasteiger partial charge in [-0.05, 0) is 62.7 Å². The average Bonchev–Trinajstić information content (AvgIpc) is 2.56. The molecule has 4 nitrogen and oxygen atoms in total. The highest BCUT2D eigenvalue weighted by atomic mass is 16.5. The van der Waals surface area contributed by atoms with Crippen LogP contribution < -0.4 is 10.1 Å². The van der Waals surface area contributed by atoms with E-state index >= 15 is 0 Å². The zero-order valence-corrected chi connectivity index (χ0v) is 15.1. The number of ether oxygens (including phenoxy) is 1. The minimum Gasteiger partial charge on any atom is -0.493 e. The first-order chi connectivity index (χ1) is 11.1. The first-order valence-corrected chi connectivity index (χ1v) is 8.80. The van der Waals surface area contributed by atoms with Gasteiger partial charge in [-0.25, -0.2) is 0 Å². The van der Waals surface area contributed by atoms with Crippen LogP contribution >= 0.6 is 0 Å². The van der Waals surface area contributed by atoms with Crippen molar-refractivity contribution in [3.8, 4) is 5.75 Å². The van der Waals surface area contributed by atoms with E-state index in [0.717, 1.165) is 44.8 Å². The molecular formula is C19H32N2O2. The van der Waals surface area contributed by atoms with Crippen molar-refractivity contribution in [2.45, 2.75) is 40.5 Å². The van der Waals surface area contributed by atoms with Crippen LogP contribution in [0.4, 0.5) is 0 Å². The van der Waals surface area contributed by atoms with E-state index in [-0.39, 0.29) is 5.91 Å². The molecule has 0 radical (unpaired) electrons. The highest BCUT2D eigenvalue weighted by Gasteiger charge is 2.05. The minimum atomic E-state index is -0.0109. The Kier molecular flexibility index (Phi) is 9.37. The molecule has 4 heteroatoms. The second-order valence-corrected chi connectivity index (χ2v) is 6.22. The van der Waals surface area contributed by atoms with Crippen LogP contribution in [0.3, 0.4) is 0 Å². The standard InChI is InChI=1S/C19H32N2O2/c1-5-21(6-2)14-8-7-13-20-19(22)17-9-11-18(12-10-17)23-15-16(3)4/h9-12,16H,5-8,13-15H2,1-4H3,(H,20,22). The van der Waals surface area contributed by atoms with Crippen LogP contribution in [0.2, 0.25) is 0 Å². The molecule has 23 heavy (non-hydrogen) atoms. The third-order valence-corrected chi connectivity index (χ3v) is 3.78. The Labute approximate surface area is 141 Å². The van der Waals surface area contributed by atoms with Crippen molar-refractivity contribution in [2.75, 3.05) is 32.8 Å². The highest BCUT2D eigenvalue weighted by molar-refractivity contribution is 5.94. The van der Waals surface area contributed by atoms with Crippen LogP contribution in [0.1, 0.15) is 50.9 Å². The summed E-state index contributed by atoms with van der Waals surface area (Å²) in [5, 5.41) is 2.98. The summed E-state index contributed by atoms with van der Waals surface area (Å²) in [4.78, 5) is 14.5. The Bertz CT molecular complexity index is 439. The second kappa shape index (κ2) is 11.1. The number of nitrogens with zero attached hydrogens (tertiary/aromatic N) is 1. The second-order valence-electron chi connectivity index (χ2n) is 6.22. The van der Waals surface area contributed by atoms with Crippen molar-refractivity contribution < 1.29 is 9.53 Å². The van der Waals surface area contributed by atoms with Gasteiger partial charge in [0.05, 0.1) is 6.61 Å². The molecule has 1 amide bonds. The van der Waals surface area contributed by atoms with E-state index in [0.29, 0.717) is 18.1 Å². The molecule has 0 unspecified atom stereocenters. The predicted molar refractivity (Wildman–Crippen MR) is 96.1 cm³/mol. The van der Waals surface area contributed by atoms with E-state index in [2.05, 4.69) is 37.9 Å². The summed E-state index contributed by atoms with van der Waals surface area (Å²) in [6.07, 6.45) is 2.13. The van der Waals surface area contributed by atoms with Crippen molar-refractivity contribution in [2.24, 2.45) is 5.92 Å². The minimum absolute atomic E-state index is 0.0109. The van der Waals surface area contributed by atoms with Gasteiger partial charge in [-0.2, -0.15) is 0 Å². The van der Waals surface area contributed by atoms with Gasteiger partial charge in [0, 0.05) is 12.1 Å². The molecular weight excluding hydrogens is 288 g/mol. The van der Waals surface area contributed by atoms with Crippen LogP contribution in [0.25, 0.3) is 0 Å². The predicted octanol–water partition coefficient (Wildman–Crippen LogP) is 3.57. The van der Waals surface area contributed by atoms with E-state index in [1.807, 2.05) is 24.3 Å². The summed E-state index contributed by atoms with van der Waals surface area (Å²) in [6, 6.07) is 7.36. The van der Waals surface area contributed by atoms with Crippen LogP contribution in [-0.4, -0.2) is 43.6 Å². The first kappa shape index (κ1) is 19.5. The van der Waals surface area contributed by atoms with Gasteiger partial charge in [-0.1, -0.05) is 27.7 Å². The fraction of sp³-hybridized carbons (Fsp3) is 0.632. The van der Waals surface area contributed by atoms with Crippen LogP contribution in [-0.2, 0) is 0 Å². The van der Waals surface area contributed by atoms with Crippen molar-refractivity contribution in [1.82, 2.24) is 10.2 Å². The lowest BCUT2D eigenvalue weighted by Crippen LogP contribution is -2.27. The molecule has 0 aliphatic carbocycles. The smallest absolute Gasteiger partial charge is 0.251 e. The number of amides is 1. The Morgan fingerprint density at radius 2 is 1.78 bits per heavy atom. The van der Waals surface area contributed by atoms with E-state index in [1.54, 1.807) is 0 Å². The molecule has 0 heterocycles. The lowest BCUT2D eigenvalue weighted by molar-refractivity contribution is 0.0952. The number of carbonyl (C=O) groups is 1. The summed E-state index contributed by atoms with van der Waals surface area (Å²) in [6.45, 7) is 13.3. The van der Waals surface area contributed by atoms with Gasteiger partial charge in [0.1, 0.15) is 5.75 Å². The number of benzene rings is 1. The molecule has 1 N–H and O–H groups in total. The highest BCUT2D eigenvalue weighted by Crippen LogP contribution is 2.13. The normalized spacial score (nSPS) is 11.0. The van der Waals surface area contributed by atoms with Crippen molar-refractivity contribution >= 4 is 5.91 Å². The number of hydrogen-bond acceptors (Lipinski definition) is 3. The fourth-order valence-electron chi connectivity index (χ4n) is 2.27. The molecule has 130 valence electrons. The monoisotopic (exact) mass is 320 g/mol. The maximum absolute atomic E-state index is 12.1. The number of rotatable bonds is 11. The Hall–Kier alpha value is -1.55. The average molecular weight is 320 g/mol. The van der Waals surface area contributed by atoms with E-state index < -0.39 is 0 Å². The maximum Gasteiger partial charge on any atom is 0.251 e. The summed E-state index contributed by atoms with van der Waals surface area (Å²) in [5.41, 5.74) is 0.686. The van der Waals surface area contributed by atoms with Crippen molar-refractivity contribution in [3.05, 3.63) is 29.8 Å². The summed E-state index contributed by atoms with van der Waals surface area (Å²) in [7, 11) is 0. The third kappa shape index (κ3) is 8.03. The summed E-state index contributed by atoms with van der Waals surface area (Å²) < 4.78 is 5.62. The molecule has 1 rings (SSSR count). The van der Waals surface area contributed by atoms with Gasteiger partial charge in [0.2, 0.25) is 0 Å². The zero-order chi connectivity index (χ0) is 17.1. The first-order valence-electron chi connectivity index (χ1n) is 8.80. The van der Waals surface area contributed by atoms with Crippen LogP contribution in [0.15, 0.2) is 24.3 Å². The topological polar surface area (TPSA) is 41.6 Å². The molecule has 0 spiro atoms. The van der Waals surface area contributed by atoms with Crippen molar-refractivity contribution in [3.63, 3.8) is 0 Å². The number of unbranched alkanes of at least 4 members (excludes halogenated alkanes) is 1. The summed E-state index contributed by atoms with van der Waals surface area (Å²) >= 11 is 0. The molecule has 1 aromatic rings. The van der Waals surface area contributed by atoms with Gasteiger partial charge < -0.3 is 15.0 Å². The Morgan fingerprint density at radius 1 is 1.13 bits per heavy atom. The quantitative estimate of drug-likeness (QED) is 0.634. The lowest BCUT2D eigenvalue weighted by atomic mass is 10.2. The Morgan fingerprint density at radius 3 is 2.35 bits per heavy atom. The molecule has 1 aromatic carbocycles. The third-order valence-electron chi connectivity index (χ3n) is 3.78. The van der Waals surface area contributed by atoms with Gasteiger partial charge in [0.25, 0.3) is 5.91 Å². The molecule has 0 atom stereocenters. The summed E-state index contributed by atoms with van der Waals surface area (Å²) in [5.74, 6) is 1.30. The number of carbonyl (C=O) groups excluding carboxylic acids is 1. The Balaban J connectivity index is 2.26. The van der Waals surface area contributed by atoms with Crippen LogP contribution in [0, 0.1) is 5.92 Å². The van der Waals surface area contributed by atoms with Gasteiger partial charge in [-0.15, -0.1) is 0 Å². The maximum atomic E-state index is 12.1. The number of hydrogen-bond donors (Lipinski definition) is 1. The SMILES string of the molecule is CCN(CC)CCCCNC(=O)c1ccc(OCC(C)C)cc1. The van der Waals surface area contributed by atoms with Gasteiger partial charge in [-0.3, -0.25) is 4.79 Å². The molecule has 0 fully saturated rings. The van der Waals surface area contributed by atoms with Crippen molar-refractivity contribution in [1.29, 1.82) is 0 Å². The van der Waals surface area contributed by atoms with E-state index in [1.165, 1.54) is 0 Å². The largest absolute Gasteiger partial charge is 0.493 e. The molecule has 0 saturated carbocycles. The molecule has 0 saturated heterocycles. The molecule has 0 bridgehead atoms. The van der Waals surface area contributed by atoms with E-state index in [9.17, 15) is 4.79 Å². The number of nitrogens with one attached hydrogen (secondary N) is 1. The fourth-order valence-corrected chi connectivity index (χ4v) is 2.27. The van der Waals surface area contributed by atoms with Gasteiger partial charge >= 0.3 is 0 Å². The molecule has 0 aliphatic rings. The van der Waals surface area contributed by atoms with E-state index in [4.69, 9.17) is 4.74 Å². The van der Waals surface area contributed by atoms with Crippen LogP contribution in [0.5, 0.6) is 5.75 Å².